The van der Waals surface area contributed by atoms with Gasteiger partial charge in [0.15, 0.2) is 0 Å². The monoisotopic (exact) mass is 333 g/mol. The molecule has 1 atom stereocenters. The van der Waals surface area contributed by atoms with Crippen LogP contribution in [0.3, 0.4) is 0 Å². The van der Waals surface area contributed by atoms with Crippen LogP contribution in [-0.4, -0.2) is 39.2 Å². The lowest BCUT2D eigenvalue weighted by Gasteiger charge is -2.32. The second-order valence-corrected chi connectivity index (χ2v) is 7.44. The number of anilines is 1. The molecule has 120 valence electrons. The first-order valence-electron chi connectivity index (χ1n) is 6.94. The van der Waals surface area contributed by atoms with E-state index in [2.05, 4.69) is 15.7 Å². The third kappa shape index (κ3) is 6.65. The van der Waals surface area contributed by atoms with E-state index in [-0.39, 0.29) is 12.4 Å². The Kier molecular flexibility index (Phi) is 6.93. The molecule has 0 spiro atoms. The van der Waals surface area contributed by atoms with E-state index < -0.39 is 10.0 Å². The van der Waals surface area contributed by atoms with Gasteiger partial charge in [0.1, 0.15) is 0 Å². The van der Waals surface area contributed by atoms with Crippen LogP contribution in [0.4, 0.5) is 5.69 Å². The number of sulfonamides is 1. The van der Waals surface area contributed by atoms with Crippen LogP contribution in [0.25, 0.3) is 0 Å². The first-order valence-corrected chi connectivity index (χ1v) is 8.83. The summed E-state index contributed by atoms with van der Waals surface area (Å²) in [6.07, 6.45) is 3.40. The zero-order valence-corrected chi connectivity index (χ0v) is 13.9. The molecule has 1 aromatic rings. The number of hydrogen-bond donors (Lipinski definition) is 2. The Hall–Kier alpha value is -0.820. The molecule has 1 fully saturated rings. The highest BCUT2D eigenvalue weighted by atomic mass is 35.5. The molecule has 1 aliphatic rings. The van der Waals surface area contributed by atoms with Gasteiger partial charge in [-0.3, -0.25) is 4.90 Å². The van der Waals surface area contributed by atoms with Crippen molar-refractivity contribution in [1.82, 2.24) is 9.62 Å². The average molecular weight is 334 g/mol. The van der Waals surface area contributed by atoms with Crippen molar-refractivity contribution in [3.63, 3.8) is 0 Å². The molecule has 2 rings (SSSR count). The molecule has 1 unspecified atom stereocenters. The van der Waals surface area contributed by atoms with Crippen molar-refractivity contribution in [2.24, 2.45) is 5.92 Å². The first-order chi connectivity index (χ1) is 9.42. The molecular formula is C14H24ClN3O2S. The minimum Gasteiger partial charge on any atom is -0.399 e. The van der Waals surface area contributed by atoms with Crippen LogP contribution in [0.2, 0.25) is 0 Å². The predicted octanol–water partition coefficient (Wildman–Crippen LogP) is 1.45. The van der Waals surface area contributed by atoms with E-state index in [0.717, 1.165) is 38.2 Å². The molecule has 0 bridgehead atoms. The van der Waals surface area contributed by atoms with E-state index in [1.807, 2.05) is 18.2 Å². The summed E-state index contributed by atoms with van der Waals surface area (Å²) in [5.74, 6) is 0.388. The van der Waals surface area contributed by atoms with E-state index in [1.165, 1.54) is 11.8 Å². The van der Waals surface area contributed by atoms with Crippen molar-refractivity contribution in [3.8, 4) is 0 Å². The van der Waals surface area contributed by atoms with E-state index in [1.54, 1.807) is 0 Å². The van der Waals surface area contributed by atoms with E-state index in [0.29, 0.717) is 12.5 Å². The Balaban J connectivity index is 0.00000220. The fourth-order valence-corrected chi connectivity index (χ4v) is 3.22. The molecule has 1 heterocycles. The third-order valence-electron chi connectivity index (χ3n) is 3.59. The molecular weight excluding hydrogens is 310 g/mol. The molecule has 1 aromatic carbocycles. The number of rotatable bonds is 5. The quantitative estimate of drug-likeness (QED) is 0.800. The van der Waals surface area contributed by atoms with E-state index >= 15 is 0 Å². The minimum atomic E-state index is -3.09. The summed E-state index contributed by atoms with van der Waals surface area (Å²) >= 11 is 0. The standard InChI is InChI=1S/C14H23N3O2S.ClH/c1-20(18,19)16-9-13-5-3-7-17(11-13)10-12-4-2-6-14(15)8-12;/h2,4,6,8,13,16H,3,5,7,9-11,15H2,1H3;1H. The Morgan fingerprint density at radius 1 is 1.43 bits per heavy atom. The van der Waals surface area contributed by atoms with Gasteiger partial charge in [-0.05, 0) is 43.0 Å². The highest BCUT2D eigenvalue weighted by molar-refractivity contribution is 7.88. The van der Waals surface area contributed by atoms with Gasteiger partial charge in [0.25, 0.3) is 0 Å². The normalized spacial score (nSPS) is 20.0. The Morgan fingerprint density at radius 2 is 2.19 bits per heavy atom. The second kappa shape index (κ2) is 7.98. The van der Waals surface area contributed by atoms with Crippen molar-refractivity contribution in [3.05, 3.63) is 29.8 Å². The molecule has 7 heteroatoms. The van der Waals surface area contributed by atoms with Gasteiger partial charge in [-0.1, -0.05) is 12.1 Å². The number of halogens is 1. The van der Waals surface area contributed by atoms with Crippen LogP contribution >= 0.6 is 12.4 Å². The Labute approximate surface area is 133 Å². The SMILES string of the molecule is CS(=O)(=O)NCC1CCCN(Cc2cccc(N)c2)C1.Cl. The number of benzene rings is 1. The van der Waals surface area contributed by atoms with Crippen LogP contribution in [0.5, 0.6) is 0 Å². The van der Waals surface area contributed by atoms with Crippen LogP contribution in [0, 0.1) is 5.92 Å². The van der Waals surface area contributed by atoms with Crippen molar-refractivity contribution >= 4 is 28.1 Å². The summed E-state index contributed by atoms with van der Waals surface area (Å²) in [6, 6.07) is 7.93. The van der Waals surface area contributed by atoms with E-state index in [9.17, 15) is 8.42 Å². The maximum atomic E-state index is 11.1. The summed E-state index contributed by atoms with van der Waals surface area (Å²) in [5, 5.41) is 0. The molecule has 0 aliphatic carbocycles. The number of hydrogen-bond acceptors (Lipinski definition) is 4. The van der Waals surface area contributed by atoms with Gasteiger partial charge < -0.3 is 5.73 Å². The molecule has 0 saturated carbocycles. The zero-order chi connectivity index (χ0) is 14.6. The van der Waals surface area contributed by atoms with Gasteiger partial charge in [-0.25, -0.2) is 13.1 Å². The highest BCUT2D eigenvalue weighted by Crippen LogP contribution is 2.19. The summed E-state index contributed by atoms with van der Waals surface area (Å²) in [7, 11) is -3.09. The van der Waals surface area contributed by atoms with Gasteiger partial charge in [0, 0.05) is 25.3 Å². The van der Waals surface area contributed by atoms with Crippen LogP contribution in [0.1, 0.15) is 18.4 Å². The lowest BCUT2D eigenvalue weighted by molar-refractivity contribution is 0.169. The lowest BCUT2D eigenvalue weighted by atomic mass is 9.98. The maximum absolute atomic E-state index is 11.1. The zero-order valence-electron chi connectivity index (χ0n) is 12.3. The third-order valence-corrected chi connectivity index (χ3v) is 4.29. The molecule has 0 amide bonds. The fraction of sp³-hybridized carbons (Fsp3) is 0.571. The molecule has 1 aliphatic heterocycles. The summed E-state index contributed by atoms with van der Waals surface area (Å²) in [6.45, 7) is 3.40. The number of likely N-dealkylation sites (tertiary alicyclic amines) is 1. The van der Waals surface area contributed by atoms with Crippen LogP contribution in [0.15, 0.2) is 24.3 Å². The second-order valence-electron chi connectivity index (χ2n) is 5.61. The molecule has 21 heavy (non-hydrogen) atoms. The predicted molar refractivity (Wildman–Crippen MR) is 88.9 cm³/mol. The lowest BCUT2D eigenvalue weighted by Crippen LogP contribution is -2.40. The van der Waals surface area contributed by atoms with Gasteiger partial charge in [0.05, 0.1) is 6.26 Å². The Morgan fingerprint density at radius 3 is 2.86 bits per heavy atom. The van der Waals surface area contributed by atoms with E-state index in [4.69, 9.17) is 5.73 Å². The molecule has 1 saturated heterocycles. The smallest absolute Gasteiger partial charge is 0.208 e. The van der Waals surface area contributed by atoms with Crippen LogP contribution < -0.4 is 10.5 Å². The number of piperidine rings is 1. The minimum absolute atomic E-state index is 0. The highest BCUT2D eigenvalue weighted by Gasteiger charge is 2.20. The number of nitrogen functional groups attached to an aromatic ring is 1. The van der Waals surface area contributed by atoms with Crippen molar-refractivity contribution in [1.29, 1.82) is 0 Å². The summed E-state index contributed by atoms with van der Waals surface area (Å²) in [4.78, 5) is 2.37. The maximum Gasteiger partial charge on any atom is 0.208 e. The topological polar surface area (TPSA) is 75.4 Å². The number of nitrogens with two attached hydrogens (primary N) is 1. The molecule has 5 nitrogen and oxygen atoms in total. The number of nitrogens with zero attached hydrogens (tertiary/aromatic N) is 1. The number of nitrogens with one attached hydrogen (secondary N) is 1. The van der Waals surface area contributed by atoms with Crippen molar-refractivity contribution in [2.75, 3.05) is 31.6 Å². The molecule has 0 radical (unpaired) electrons. The van der Waals surface area contributed by atoms with Crippen LogP contribution in [-0.2, 0) is 16.6 Å². The molecule has 0 aromatic heterocycles. The average Bonchev–Trinajstić information content (AvgIpc) is 2.36. The fourth-order valence-electron chi connectivity index (χ4n) is 2.68. The molecule has 3 N–H and O–H groups in total. The van der Waals surface area contributed by atoms with Gasteiger partial charge in [0.2, 0.25) is 10.0 Å². The van der Waals surface area contributed by atoms with Crippen molar-refractivity contribution < 1.29 is 8.42 Å². The van der Waals surface area contributed by atoms with Crippen molar-refractivity contribution in [2.45, 2.75) is 19.4 Å². The first kappa shape index (κ1) is 18.2. The van der Waals surface area contributed by atoms with Gasteiger partial charge >= 0.3 is 0 Å². The summed E-state index contributed by atoms with van der Waals surface area (Å²) < 4.78 is 24.9. The van der Waals surface area contributed by atoms with Gasteiger partial charge in [-0.15, -0.1) is 12.4 Å². The largest absolute Gasteiger partial charge is 0.399 e. The summed E-state index contributed by atoms with van der Waals surface area (Å²) in [5.41, 5.74) is 7.79. The van der Waals surface area contributed by atoms with Gasteiger partial charge in [-0.2, -0.15) is 0 Å². The Bertz CT molecular complexity index is 551.